The van der Waals surface area contributed by atoms with Crippen LogP contribution in [0.1, 0.15) is 291 Å². The minimum Gasteiger partial charge on any atom is -0.397 e. The van der Waals surface area contributed by atoms with Crippen molar-refractivity contribution in [3.05, 3.63) is 0 Å². The summed E-state index contributed by atoms with van der Waals surface area (Å²) in [5.74, 6) is 0.908. The fourth-order valence-electron chi connectivity index (χ4n) is 8.65. The summed E-state index contributed by atoms with van der Waals surface area (Å²) >= 11 is 1.56. The zero-order valence-electron chi connectivity index (χ0n) is 40.5. The molecule has 348 valence electrons. The molecule has 0 heterocycles. The third kappa shape index (κ3) is 41.5. The van der Waals surface area contributed by atoms with Crippen molar-refractivity contribution in [3.63, 3.8) is 0 Å². The van der Waals surface area contributed by atoms with Crippen molar-refractivity contribution in [1.82, 2.24) is 5.32 Å². The molecule has 1 atom stereocenters. The van der Waals surface area contributed by atoms with Crippen molar-refractivity contribution in [2.45, 2.75) is 303 Å². The first-order chi connectivity index (χ1) is 28.6. The Hall–Kier alpha value is 0.117. The molecule has 0 saturated carbocycles. The van der Waals surface area contributed by atoms with Gasteiger partial charge in [-0.25, -0.2) is 0 Å². The zero-order valence-corrected chi connectivity index (χ0v) is 42.5. The van der Waals surface area contributed by atoms with Crippen LogP contribution in [0.4, 0.5) is 0 Å². The molecule has 0 aliphatic rings. The average molecular weight is 855 g/mol. The predicted octanol–water partition coefficient (Wildman–Crippen LogP) is 17.5. The van der Waals surface area contributed by atoms with Crippen molar-refractivity contribution in [3.8, 4) is 0 Å². The lowest BCUT2D eigenvalue weighted by Crippen LogP contribution is -2.49. The Morgan fingerprint density at radius 1 is 0.448 bits per heavy atom. The van der Waals surface area contributed by atoms with Gasteiger partial charge in [0, 0.05) is 24.3 Å². The van der Waals surface area contributed by atoms with Crippen molar-refractivity contribution >= 4 is 26.2 Å². The first-order valence-electron chi connectivity index (χ1n) is 26.6. The maximum atomic E-state index is 12.6. The molecule has 0 aromatic carbocycles. The van der Waals surface area contributed by atoms with Crippen LogP contribution in [0.5, 0.6) is 0 Å². The molecule has 4 nitrogen and oxygen atoms in total. The first kappa shape index (κ1) is 58.1. The van der Waals surface area contributed by atoms with E-state index in [2.05, 4.69) is 40.1 Å². The third-order valence-electron chi connectivity index (χ3n) is 12.8. The van der Waals surface area contributed by atoms with E-state index in [0.717, 1.165) is 44.3 Å². The molecule has 0 spiro atoms. The van der Waals surface area contributed by atoms with Gasteiger partial charge in [-0.1, -0.05) is 264 Å². The van der Waals surface area contributed by atoms with E-state index >= 15 is 0 Å². The summed E-state index contributed by atoms with van der Waals surface area (Å²) < 4.78 is 13.0. The lowest BCUT2D eigenvalue weighted by atomic mass is 9.87. The summed E-state index contributed by atoms with van der Waals surface area (Å²) in [5.41, 5.74) is 0.0524. The average Bonchev–Trinajstić information content (AvgIpc) is 3.23. The Bertz CT molecular complexity index is 769. The minimum atomic E-state index is -1.78. The van der Waals surface area contributed by atoms with E-state index in [1.807, 2.05) is 0 Å². The molecule has 0 saturated heterocycles. The van der Waals surface area contributed by atoms with Gasteiger partial charge in [-0.2, -0.15) is 0 Å². The second kappa shape index (κ2) is 48.2. The van der Waals surface area contributed by atoms with Crippen molar-refractivity contribution in [1.29, 1.82) is 0 Å². The van der Waals surface area contributed by atoms with Crippen molar-refractivity contribution < 1.29 is 13.6 Å². The SMILES string of the molecule is CCCCCCCCCCCCCCCCC(CCCCCCCCCCCCCCCC)(CO[SiH](CCCSC(=O)CCCCCCCCCCC)OCC)NC. The molecule has 0 bridgehead atoms. The third-order valence-corrected chi connectivity index (χ3v) is 15.9. The number of unbranched alkanes of at least 4 members (excludes halogenated alkanes) is 34. The van der Waals surface area contributed by atoms with E-state index in [9.17, 15) is 4.79 Å². The van der Waals surface area contributed by atoms with Crippen LogP contribution < -0.4 is 5.32 Å². The van der Waals surface area contributed by atoms with E-state index in [0.29, 0.717) is 5.12 Å². The quantitative estimate of drug-likeness (QED) is 0.0488. The lowest BCUT2D eigenvalue weighted by Gasteiger charge is -2.35. The van der Waals surface area contributed by atoms with E-state index in [1.165, 1.54) is 244 Å². The van der Waals surface area contributed by atoms with E-state index < -0.39 is 9.28 Å². The number of thioether (sulfide) groups is 1. The maximum absolute atomic E-state index is 12.6. The summed E-state index contributed by atoms with van der Waals surface area (Å²) in [5, 5.41) is 4.21. The largest absolute Gasteiger partial charge is 0.397 e. The molecule has 0 rings (SSSR count). The Morgan fingerprint density at radius 2 is 0.776 bits per heavy atom. The molecular weight excluding hydrogens is 747 g/mol. The van der Waals surface area contributed by atoms with Gasteiger partial charge in [-0.05, 0) is 45.7 Å². The highest BCUT2D eigenvalue weighted by atomic mass is 32.2. The van der Waals surface area contributed by atoms with Gasteiger partial charge in [0.15, 0.2) is 5.12 Å². The summed E-state index contributed by atoms with van der Waals surface area (Å²) in [6, 6.07) is 1.00. The van der Waals surface area contributed by atoms with Crippen LogP contribution in [0.25, 0.3) is 0 Å². The molecule has 0 amide bonds. The molecule has 58 heavy (non-hydrogen) atoms. The van der Waals surface area contributed by atoms with Gasteiger partial charge in [-0.3, -0.25) is 4.79 Å². The van der Waals surface area contributed by atoms with Gasteiger partial charge >= 0.3 is 9.28 Å². The molecule has 0 aliphatic heterocycles. The highest BCUT2D eigenvalue weighted by Gasteiger charge is 2.29. The summed E-state index contributed by atoms with van der Waals surface area (Å²) in [4.78, 5) is 12.6. The smallest absolute Gasteiger partial charge is 0.321 e. The second-order valence-corrected chi connectivity index (χ2v) is 21.6. The predicted molar refractivity (Wildman–Crippen MR) is 265 cm³/mol. The topological polar surface area (TPSA) is 47.6 Å². The van der Waals surface area contributed by atoms with Crippen LogP contribution >= 0.6 is 11.8 Å². The molecule has 1 unspecified atom stereocenters. The molecule has 1 N–H and O–H groups in total. The molecular formula is C52H107NO3SSi. The highest BCUT2D eigenvalue weighted by Crippen LogP contribution is 2.26. The minimum absolute atomic E-state index is 0.0524. The first-order valence-corrected chi connectivity index (χ1v) is 29.4. The Kier molecular flexibility index (Phi) is 48.3. The van der Waals surface area contributed by atoms with Crippen LogP contribution in [0, 0.1) is 0 Å². The Balaban J connectivity index is 4.61. The van der Waals surface area contributed by atoms with Crippen LogP contribution in [-0.2, 0) is 13.6 Å². The van der Waals surface area contributed by atoms with Gasteiger partial charge < -0.3 is 14.2 Å². The van der Waals surface area contributed by atoms with Crippen LogP contribution in [-0.4, -0.2) is 46.0 Å². The normalized spacial score (nSPS) is 12.5. The zero-order chi connectivity index (χ0) is 42.3. The van der Waals surface area contributed by atoms with Gasteiger partial charge in [0.2, 0.25) is 0 Å². The molecule has 0 fully saturated rings. The van der Waals surface area contributed by atoms with Crippen LogP contribution in [0.3, 0.4) is 0 Å². The maximum Gasteiger partial charge on any atom is 0.321 e. The summed E-state index contributed by atoms with van der Waals surface area (Å²) in [7, 11) is 0.409. The van der Waals surface area contributed by atoms with Crippen molar-refractivity contribution in [2.75, 3.05) is 26.0 Å². The van der Waals surface area contributed by atoms with E-state index in [4.69, 9.17) is 8.85 Å². The van der Waals surface area contributed by atoms with E-state index in [-0.39, 0.29) is 5.54 Å². The molecule has 0 aliphatic carbocycles. The van der Waals surface area contributed by atoms with Crippen LogP contribution in [0.15, 0.2) is 0 Å². The van der Waals surface area contributed by atoms with Gasteiger partial charge in [-0.15, -0.1) is 0 Å². The van der Waals surface area contributed by atoms with Gasteiger partial charge in [0.05, 0.1) is 6.61 Å². The highest BCUT2D eigenvalue weighted by molar-refractivity contribution is 8.13. The Labute approximate surface area is 372 Å². The lowest BCUT2D eigenvalue weighted by molar-refractivity contribution is -0.111. The van der Waals surface area contributed by atoms with Gasteiger partial charge in [0.1, 0.15) is 0 Å². The summed E-state index contributed by atoms with van der Waals surface area (Å²) in [6.45, 7) is 10.5. The molecule has 0 aromatic rings. The monoisotopic (exact) mass is 854 g/mol. The fourth-order valence-corrected chi connectivity index (χ4v) is 11.6. The number of carbonyl (C=O) groups is 1. The molecule has 6 heteroatoms. The van der Waals surface area contributed by atoms with Crippen LogP contribution in [0.2, 0.25) is 6.04 Å². The number of hydrogen-bond donors (Lipinski definition) is 1. The number of carbonyl (C=O) groups excluding carboxylic acids is 1. The summed E-state index contributed by atoms with van der Waals surface area (Å²) in [6.07, 6.45) is 55.3. The number of rotatable bonds is 50. The molecule has 0 radical (unpaired) electrons. The van der Waals surface area contributed by atoms with E-state index in [1.54, 1.807) is 11.8 Å². The number of likely N-dealkylation sites (N-methyl/N-ethyl adjacent to an activating group) is 1. The Morgan fingerprint density at radius 3 is 1.10 bits per heavy atom. The second-order valence-electron chi connectivity index (χ2n) is 18.4. The van der Waals surface area contributed by atoms with Crippen molar-refractivity contribution in [2.24, 2.45) is 0 Å². The van der Waals surface area contributed by atoms with Gasteiger partial charge in [0.25, 0.3) is 0 Å². The molecule has 0 aromatic heterocycles. The number of nitrogens with one attached hydrogen (secondary N) is 1. The fraction of sp³-hybridized carbons (Fsp3) is 0.981. The number of hydrogen-bond acceptors (Lipinski definition) is 5. The standard InChI is InChI=1S/C52H107NO3SSi/c1-6-10-13-16-19-22-24-26-28-30-33-36-39-42-46-52(53-5,47-43-40-37-34-31-29-27-25-23-20-17-14-11-7-2)50-56-58(55-9-4)49-44-48-57-51(54)45-41-38-35-32-21-18-15-12-8-3/h53,58H,6-50H2,1-5H3.